The molecular weight excluding hydrogens is 296 g/mol. The Morgan fingerprint density at radius 2 is 2.33 bits per heavy atom. The lowest BCUT2D eigenvalue weighted by Crippen LogP contribution is -2.45. The molecule has 0 spiro atoms. The molecule has 100 valence electrons. The van der Waals surface area contributed by atoms with Gasteiger partial charge in [0.05, 0.1) is 10.2 Å². The Bertz CT molecular complexity index is 443. The number of hydrogen-bond donors (Lipinski definition) is 2. The number of likely N-dealkylation sites (tertiary alicyclic amines) is 1. The largest absolute Gasteiger partial charge is 0.336 e. The van der Waals surface area contributed by atoms with Crippen LogP contribution >= 0.6 is 15.9 Å². The number of nitrogens with zero attached hydrogens (tertiary/aromatic N) is 2. The van der Waals surface area contributed by atoms with Gasteiger partial charge in [-0.3, -0.25) is 9.89 Å². The first-order valence-corrected chi connectivity index (χ1v) is 7.08. The SMILES string of the molecule is CC(C)c1[nH]nc(C(=O)N2CCC[C@@H](N)C2)c1Br. The smallest absolute Gasteiger partial charge is 0.275 e. The number of amides is 1. The molecule has 0 unspecified atom stereocenters. The summed E-state index contributed by atoms with van der Waals surface area (Å²) in [5.74, 6) is 0.261. The van der Waals surface area contributed by atoms with Crippen molar-refractivity contribution in [1.29, 1.82) is 0 Å². The Hall–Kier alpha value is -0.880. The van der Waals surface area contributed by atoms with Gasteiger partial charge in [0.1, 0.15) is 0 Å². The number of carbonyl (C=O) groups excluding carboxylic acids is 1. The third-order valence-corrected chi connectivity index (χ3v) is 4.06. The molecule has 0 aromatic carbocycles. The summed E-state index contributed by atoms with van der Waals surface area (Å²) in [6.07, 6.45) is 1.95. The van der Waals surface area contributed by atoms with E-state index in [1.807, 2.05) is 0 Å². The van der Waals surface area contributed by atoms with Crippen molar-refractivity contribution in [3.05, 3.63) is 15.9 Å². The lowest BCUT2D eigenvalue weighted by atomic mass is 10.1. The van der Waals surface area contributed by atoms with Gasteiger partial charge >= 0.3 is 0 Å². The lowest BCUT2D eigenvalue weighted by molar-refractivity contribution is 0.0702. The van der Waals surface area contributed by atoms with Crippen molar-refractivity contribution in [1.82, 2.24) is 15.1 Å². The maximum Gasteiger partial charge on any atom is 0.275 e. The number of nitrogens with two attached hydrogens (primary N) is 1. The van der Waals surface area contributed by atoms with Crippen LogP contribution in [0.25, 0.3) is 0 Å². The molecule has 2 heterocycles. The predicted octanol–water partition coefficient (Wildman–Crippen LogP) is 1.86. The highest BCUT2D eigenvalue weighted by atomic mass is 79.9. The molecule has 1 aromatic heterocycles. The van der Waals surface area contributed by atoms with Gasteiger partial charge in [0, 0.05) is 19.1 Å². The molecule has 0 radical (unpaired) electrons. The quantitative estimate of drug-likeness (QED) is 0.875. The van der Waals surface area contributed by atoms with E-state index in [1.54, 1.807) is 4.90 Å². The fourth-order valence-electron chi connectivity index (χ4n) is 2.21. The summed E-state index contributed by atoms with van der Waals surface area (Å²) in [5, 5.41) is 7.06. The summed E-state index contributed by atoms with van der Waals surface area (Å²) in [6.45, 7) is 5.50. The van der Waals surface area contributed by atoms with Gasteiger partial charge in [-0.05, 0) is 34.7 Å². The van der Waals surface area contributed by atoms with E-state index in [9.17, 15) is 4.79 Å². The van der Waals surface area contributed by atoms with Gasteiger partial charge in [0.15, 0.2) is 5.69 Å². The van der Waals surface area contributed by atoms with Gasteiger partial charge in [-0.1, -0.05) is 13.8 Å². The number of halogens is 1. The number of hydrogen-bond acceptors (Lipinski definition) is 3. The topological polar surface area (TPSA) is 75.0 Å². The summed E-state index contributed by atoms with van der Waals surface area (Å²) in [7, 11) is 0. The molecule has 0 aliphatic carbocycles. The third kappa shape index (κ3) is 2.59. The molecule has 2 rings (SSSR count). The molecular formula is C12H19BrN4O. The Kier molecular flexibility index (Phi) is 4.07. The van der Waals surface area contributed by atoms with E-state index < -0.39 is 0 Å². The maximum absolute atomic E-state index is 12.4. The third-order valence-electron chi connectivity index (χ3n) is 3.26. The van der Waals surface area contributed by atoms with Gasteiger partial charge in [0.2, 0.25) is 0 Å². The molecule has 0 bridgehead atoms. The van der Waals surface area contributed by atoms with E-state index in [0.717, 1.165) is 29.6 Å². The minimum atomic E-state index is -0.0415. The number of rotatable bonds is 2. The lowest BCUT2D eigenvalue weighted by Gasteiger charge is -2.30. The average molecular weight is 315 g/mol. The summed E-state index contributed by atoms with van der Waals surface area (Å²) >= 11 is 3.46. The minimum absolute atomic E-state index is 0.0415. The van der Waals surface area contributed by atoms with E-state index in [2.05, 4.69) is 40.0 Å². The molecule has 1 aliphatic rings. The van der Waals surface area contributed by atoms with Crippen LogP contribution in [0.5, 0.6) is 0 Å². The van der Waals surface area contributed by atoms with Gasteiger partial charge in [-0.2, -0.15) is 5.10 Å². The number of aromatic amines is 1. The number of H-pyrrole nitrogens is 1. The molecule has 1 fully saturated rings. The number of piperidine rings is 1. The van der Waals surface area contributed by atoms with E-state index in [0.29, 0.717) is 18.2 Å². The van der Waals surface area contributed by atoms with Crippen LogP contribution in [0.4, 0.5) is 0 Å². The molecule has 1 atom stereocenters. The highest BCUT2D eigenvalue weighted by molar-refractivity contribution is 9.10. The van der Waals surface area contributed by atoms with Crippen LogP contribution in [0.15, 0.2) is 4.47 Å². The van der Waals surface area contributed by atoms with Crippen LogP contribution < -0.4 is 5.73 Å². The zero-order valence-electron chi connectivity index (χ0n) is 10.7. The van der Waals surface area contributed by atoms with Gasteiger partial charge in [-0.15, -0.1) is 0 Å². The normalized spacial score (nSPS) is 20.5. The second-order valence-corrected chi connectivity index (χ2v) is 5.90. The highest BCUT2D eigenvalue weighted by Gasteiger charge is 2.27. The van der Waals surface area contributed by atoms with Crippen LogP contribution in [0, 0.1) is 0 Å². The summed E-state index contributed by atoms with van der Waals surface area (Å²) in [6, 6.07) is 0.0880. The van der Waals surface area contributed by atoms with E-state index >= 15 is 0 Å². The molecule has 3 N–H and O–H groups in total. The van der Waals surface area contributed by atoms with Gasteiger partial charge in [0.25, 0.3) is 5.91 Å². The van der Waals surface area contributed by atoms with Crippen LogP contribution in [0.1, 0.15) is 48.8 Å². The Labute approximate surface area is 115 Å². The van der Waals surface area contributed by atoms with Crippen molar-refractivity contribution in [2.24, 2.45) is 5.73 Å². The van der Waals surface area contributed by atoms with Crippen molar-refractivity contribution < 1.29 is 4.79 Å². The Morgan fingerprint density at radius 3 is 2.89 bits per heavy atom. The summed E-state index contributed by atoms with van der Waals surface area (Å²) < 4.78 is 0.779. The Morgan fingerprint density at radius 1 is 1.61 bits per heavy atom. The van der Waals surface area contributed by atoms with Crippen LogP contribution in [0.2, 0.25) is 0 Å². The fraction of sp³-hybridized carbons (Fsp3) is 0.667. The average Bonchev–Trinajstić information content (AvgIpc) is 2.70. The second kappa shape index (κ2) is 5.40. The molecule has 1 aliphatic heterocycles. The predicted molar refractivity (Wildman–Crippen MR) is 73.5 cm³/mol. The molecule has 5 nitrogen and oxygen atoms in total. The van der Waals surface area contributed by atoms with Crippen molar-refractivity contribution in [2.75, 3.05) is 13.1 Å². The number of aromatic nitrogens is 2. The van der Waals surface area contributed by atoms with Crippen molar-refractivity contribution in [2.45, 2.75) is 38.6 Å². The van der Waals surface area contributed by atoms with Crippen LogP contribution in [-0.4, -0.2) is 40.1 Å². The molecule has 1 amide bonds. The van der Waals surface area contributed by atoms with Crippen LogP contribution in [0.3, 0.4) is 0 Å². The summed E-state index contributed by atoms with van der Waals surface area (Å²) in [4.78, 5) is 14.2. The number of nitrogens with one attached hydrogen (secondary N) is 1. The second-order valence-electron chi connectivity index (χ2n) is 5.11. The minimum Gasteiger partial charge on any atom is -0.336 e. The van der Waals surface area contributed by atoms with Gasteiger partial charge < -0.3 is 10.6 Å². The first kappa shape index (κ1) is 13.5. The number of carbonyl (C=O) groups is 1. The van der Waals surface area contributed by atoms with Crippen molar-refractivity contribution in [3.8, 4) is 0 Å². The van der Waals surface area contributed by atoms with E-state index in [4.69, 9.17) is 5.73 Å². The van der Waals surface area contributed by atoms with Crippen molar-refractivity contribution in [3.63, 3.8) is 0 Å². The van der Waals surface area contributed by atoms with Gasteiger partial charge in [-0.25, -0.2) is 0 Å². The molecule has 18 heavy (non-hydrogen) atoms. The highest BCUT2D eigenvalue weighted by Crippen LogP contribution is 2.26. The Balaban J connectivity index is 2.18. The zero-order chi connectivity index (χ0) is 13.3. The monoisotopic (exact) mass is 314 g/mol. The molecule has 6 heteroatoms. The molecule has 1 saturated heterocycles. The zero-order valence-corrected chi connectivity index (χ0v) is 12.3. The first-order chi connectivity index (χ1) is 8.50. The fourth-order valence-corrected chi connectivity index (χ4v) is 3.02. The summed E-state index contributed by atoms with van der Waals surface area (Å²) in [5.41, 5.74) is 7.32. The van der Waals surface area contributed by atoms with Crippen molar-refractivity contribution >= 4 is 21.8 Å². The van der Waals surface area contributed by atoms with E-state index in [-0.39, 0.29) is 11.9 Å². The standard InChI is InChI=1S/C12H19BrN4O/c1-7(2)10-9(13)11(16-15-10)12(18)17-5-3-4-8(14)6-17/h7-8H,3-6,14H2,1-2H3,(H,15,16)/t8-/m1/s1. The molecule has 0 saturated carbocycles. The first-order valence-electron chi connectivity index (χ1n) is 6.29. The van der Waals surface area contributed by atoms with Crippen LogP contribution in [-0.2, 0) is 0 Å². The molecule has 1 aromatic rings. The maximum atomic E-state index is 12.4. The van der Waals surface area contributed by atoms with E-state index in [1.165, 1.54) is 0 Å².